The van der Waals surface area contributed by atoms with Crippen molar-refractivity contribution in [2.24, 2.45) is 17.8 Å². The van der Waals surface area contributed by atoms with Gasteiger partial charge in [-0.15, -0.1) is 11.3 Å². The molecule has 4 saturated carbocycles. The van der Waals surface area contributed by atoms with Crippen LogP contribution < -0.4 is 10.6 Å². The van der Waals surface area contributed by atoms with Crippen LogP contribution in [0.2, 0.25) is 0 Å². The largest absolute Gasteiger partial charge is 0.332 e. The topological polar surface area (TPSA) is 74.3 Å². The minimum atomic E-state index is -0.328. The highest BCUT2D eigenvalue weighted by Crippen LogP contribution is 2.55. The molecule has 1 heterocycles. The molecule has 0 spiro atoms. The van der Waals surface area contributed by atoms with Crippen molar-refractivity contribution in [1.82, 2.24) is 20.5 Å². The van der Waals surface area contributed by atoms with E-state index in [0.29, 0.717) is 6.54 Å². The molecule has 4 aliphatic rings. The van der Waals surface area contributed by atoms with Crippen LogP contribution in [0.25, 0.3) is 10.2 Å². The van der Waals surface area contributed by atoms with E-state index in [1.165, 1.54) is 19.3 Å². The maximum absolute atomic E-state index is 12.5. The number of fused-ring (bicyclic) bond motifs is 1. The molecule has 4 fully saturated rings. The second-order valence-electron chi connectivity index (χ2n) is 9.45. The number of benzene rings is 1. The maximum Gasteiger partial charge on any atom is 0.321 e. The summed E-state index contributed by atoms with van der Waals surface area (Å²) in [6.07, 6.45) is 7.24. The zero-order chi connectivity index (χ0) is 20.0. The Balaban J connectivity index is 1.13. The van der Waals surface area contributed by atoms with E-state index in [1.54, 1.807) is 11.3 Å². The molecule has 2 N–H and O–H groups in total. The third-order valence-corrected chi connectivity index (χ3v) is 7.85. The van der Waals surface area contributed by atoms with E-state index in [1.807, 2.05) is 30.1 Å². The Bertz CT molecular complexity index is 872. The third-order valence-electron chi connectivity index (χ3n) is 6.83. The number of urea groups is 1. The molecule has 7 heteroatoms. The Kier molecular flexibility index (Phi) is 4.82. The highest BCUT2D eigenvalue weighted by molar-refractivity contribution is 7.18. The van der Waals surface area contributed by atoms with E-state index in [4.69, 9.17) is 0 Å². The number of likely N-dealkylation sites (N-methyl/N-ethyl adjacent to an activating group) is 1. The highest BCUT2D eigenvalue weighted by atomic mass is 32.1. The Morgan fingerprint density at radius 1 is 1.14 bits per heavy atom. The number of rotatable bonds is 5. The second-order valence-corrected chi connectivity index (χ2v) is 10.6. The van der Waals surface area contributed by atoms with Crippen LogP contribution in [0.3, 0.4) is 0 Å². The van der Waals surface area contributed by atoms with Crippen LogP contribution in [-0.4, -0.2) is 41.0 Å². The summed E-state index contributed by atoms with van der Waals surface area (Å²) < 4.78 is 1.15. The number of thiazole rings is 1. The number of carbonyl (C=O) groups is 2. The number of amides is 3. The summed E-state index contributed by atoms with van der Waals surface area (Å²) in [6.45, 7) is 0.758. The van der Waals surface area contributed by atoms with Crippen molar-refractivity contribution in [3.63, 3.8) is 0 Å². The van der Waals surface area contributed by atoms with Crippen LogP contribution >= 0.6 is 11.3 Å². The van der Waals surface area contributed by atoms with Gasteiger partial charge in [-0.3, -0.25) is 15.0 Å². The lowest BCUT2D eigenvalue weighted by atomic mass is 9.53. The summed E-state index contributed by atoms with van der Waals surface area (Å²) in [5, 5.41) is 6.72. The summed E-state index contributed by atoms with van der Waals surface area (Å²) in [5.41, 5.74) is 0.909. The summed E-state index contributed by atoms with van der Waals surface area (Å²) in [7, 11) is 1.88. The molecule has 0 saturated heterocycles. The van der Waals surface area contributed by atoms with Gasteiger partial charge in [0.2, 0.25) is 5.91 Å². The Labute approximate surface area is 175 Å². The Morgan fingerprint density at radius 2 is 1.79 bits per heavy atom. The molecule has 1 aromatic heterocycles. The zero-order valence-corrected chi connectivity index (χ0v) is 17.6. The van der Waals surface area contributed by atoms with Gasteiger partial charge in [0.25, 0.3) is 0 Å². The standard InChI is InChI=1S/C22H28N4O2S/c1-26(13-20-23-17-4-2-3-5-18(17)29-20)12-19(27)24-21(28)25-22-9-14-6-15(10-22)8-16(7-14)11-22/h2-5,14-16H,6-13H2,1H3,(H2,24,25,27,28). The maximum atomic E-state index is 12.5. The zero-order valence-electron chi connectivity index (χ0n) is 16.8. The number of carbonyl (C=O) groups excluding carboxylic acids is 2. The normalized spacial score (nSPS) is 30.1. The molecule has 4 aliphatic carbocycles. The molecule has 4 bridgehead atoms. The van der Waals surface area contributed by atoms with E-state index < -0.39 is 0 Å². The fraction of sp³-hybridized carbons (Fsp3) is 0.591. The van der Waals surface area contributed by atoms with Gasteiger partial charge in [0.15, 0.2) is 0 Å². The number of imide groups is 1. The van der Waals surface area contributed by atoms with Crippen LogP contribution in [0.1, 0.15) is 43.5 Å². The minimum Gasteiger partial charge on any atom is -0.332 e. The van der Waals surface area contributed by atoms with Crippen molar-refractivity contribution in [2.45, 2.75) is 50.6 Å². The van der Waals surface area contributed by atoms with Crippen LogP contribution in [0.5, 0.6) is 0 Å². The third kappa shape index (κ3) is 4.03. The van der Waals surface area contributed by atoms with Crippen LogP contribution in [0, 0.1) is 17.8 Å². The average molecular weight is 413 g/mol. The lowest BCUT2D eigenvalue weighted by molar-refractivity contribution is -0.121. The molecule has 6 nitrogen and oxygen atoms in total. The molecule has 0 unspecified atom stereocenters. The van der Waals surface area contributed by atoms with Gasteiger partial charge in [-0.25, -0.2) is 9.78 Å². The molecular weight excluding hydrogens is 384 g/mol. The van der Waals surface area contributed by atoms with E-state index in [0.717, 1.165) is 52.2 Å². The van der Waals surface area contributed by atoms with E-state index in [2.05, 4.69) is 21.7 Å². The summed E-state index contributed by atoms with van der Waals surface area (Å²) in [5.74, 6) is 2.02. The minimum absolute atomic E-state index is 0.0774. The molecule has 1 aromatic carbocycles. The Morgan fingerprint density at radius 3 is 2.45 bits per heavy atom. The van der Waals surface area contributed by atoms with Gasteiger partial charge in [-0.2, -0.15) is 0 Å². The van der Waals surface area contributed by atoms with Gasteiger partial charge in [-0.1, -0.05) is 12.1 Å². The molecule has 3 amide bonds. The van der Waals surface area contributed by atoms with Crippen LogP contribution in [0.15, 0.2) is 24.3 Å². The van der Waals surface area contributed by atoms with Crippen LogP contribution in [-0.2, 0) is 11.3 Å². The molecular formula is C22H28N4O2S. The molecule has 6 rings (SSSR count). The molecule has 0 atom stereocenters. The summed E-state index contributed by atoms with van der Waals surface area (Å²) in [4.78, 5) is 31.4. The van der Waals surface area contributed by atoms with Gasteiger partial charge < -0.3 is 5.32 Å². The molecule has 0 radical (unpaired) electrons. The smallest absolute Gasteiger partial charge is 0.321 e. The van der Waals surface area contributed by atoms with E-state index in [9.17, 15) is 9.59 Å². The summed E-state index contributed by atoms with van der Waals surface area (Å²) in [6, 6.07) is 7.70. The number of nitrogens with zero attached hydrogens (tertiary/aromatic N) is 2. The highest BCUT2D eigenvalue weighted by Gasteiger charge is 2.51. The fourth-order valence-electron chi connectivity index (χ4n) is 6.22. The lowest BCUT2D eigenvalue weighted by Crippen LogP contribution is -2.62. The number of hydrogen-bond donors (Lipinski definition) is 2. The number of nitrogens with one attached hydrogen (secondary N) is 2. The van der Waals surface area contributed by atoms with Crippen molar-refractivity contribution < 1.29 is 9.59 Å². The number of aromatic nitrogens is 1. The first-order valence-corrected chi connectivity index (χ1v) is 11.4. The van der Waals surface area contributed by atoms with E-state index in [-0.39, 0.29) is 24.0 Å². The van der Waals surface area contributed by atoms with Gasteiger partial charge in [0.1, 0.15) is 5.01 Å². The first-order valence-electron chi connectivity index (χ1n) is 10.6. The van der Waals surface area contributed by atoms with Crippen LogP contribution in [0.4, 0.5) is 4.79 Å². The second kappa shape index (κ2) is 7.36. The van der Waals surface area contributed by atoms with Gasteiger partial charge in [0.05, 0.1) is 23.3 Å². The van der Waals surface area contributed by atoms with Gasteiger partial charge in [-0.05, 0) is 75.5 Å². The first-order chi connectivity index (χ1) is 14.0. The first kappa shape index (κ1) is 19.0. The summed E-state index contributed by atoms with van der Waals surface area (Å²) >= 11 is 1.64. The number of hydrogen-bond acceptors (Lipinski definition) is 5. The predicted octanol–water partition coefficient (Wildman–Crippen LogP) is 3.52. The molecule has 154 valence electrons. The Hall–Kier alpha value is -1.99. The van der Waals surface area contributed by atoms with E-state index >= 15 is 0 Å². The van der Waals surface area contributed by atoms with Crippen molar-refractivity contribution in [1.29, 1.82) is 0 Å². The lowest BCUT2D eigenvalue weighted by Gasteiger charge is -2.56. The van der Waals surface area contributed by atoms with Crippen molar-refractivity contribution in [2.75, 3.05) is 13.6 Å². The van der Waals surface area contributed by atoms with Crippen molar-refractivity contribution in [3.05, 3.63) is 29.3 Å². The fourth-order valence-corrected chi connectivity index (χ4v) is 7.27. The van der Waals surface area contributed by atoms with Crippen molar-refractivity contribution >= 4 is 33.5 Å². The number of para-hydroxylation sites is 1. The van der Waals surface area contributed by atoms with Gasteiger partial charge >= 0.3 is 6.03 Å². The monoisotopic (exact) mass is 412 g/mol. The van der Waals surface area contributed by atoms with Gasteiger partial charge in [0, 0.05) is 5.54 Å². The quantitative estimate of drug-likeness (QED) is 0.788. The molecule has 2 aromatic rings. The molecule has 29 heavy (non-hydrogen) atoms. The molecule has 0 aliphatic heterocycles. The average Bonchev–Trinajstić information content (AvgIpc) is 3.01. The van der Waals surface area contributed by atoms with Crippen molar-refractivity contribution in [3.8, 4) is 0 Å². The SMILES string of the molecule is CN(CC(=O)NC(=O)NC12CC3CC(CC(C3)C1)C2)Cc1nc2ccccc2s1. The predicted molar refractivity (Wildman–Crippen MR) is 114 cm³/mol.